The molecule has 0 spiro atoms. The van der Waals surface area contributed by atoms with Crippen LogP contribution in [0.25, 0.3) is 0 Å². The van der Waals surface area contributed by atoms with E-state index in [0.29, 0.717) is 0 Å². The molecular weight excluding hydrogens is 228 g/mol. The van der Waals surface area contributed by atoms with Gasteiger partial charge in [-0.25, -0.2) is 0 Å². The third kappa shape index (κ3) is 3.87. The van der Waals surface area contributed by atoms with Crippen molar-refractivity contribution in [1.29, 1.82) is 0 Å². The van der Waals surface area contributed by atoms with Gasteiger partial charge in [0, 0.05) is 12.6 Å². The van der Waals surface area contributed by atoms with Gasteiger partial charge in [-0.3, -0.25) is 0 Å². The number of unbranched alkanes of at least 4 members (excludes halogenated alkanes) is 2. The molecular formula is C14H28N2S. The topological polar surface area (TPSA) is 6.48 Å². The lowest BCUT2D eigenvalue weighted by atomic mass is 9.84. The molecule has 2 saturated heterocycles. The third-order valence-corrected chi connectivity index (χ3v) is 4.88. The lowest BCUT2D eigenvalue weighted by Gasteiger charge is -2.46. The number of hydrogen-bond acceptors (Lipinski definition) is 3. The molecule has 0 amide bonds. The van der Waals surface area contributed by atoms with Gasteiger partial charge < -0.3 is 9.80 Å². The van der Waals surface area contributed by atoms with E-state index in [1.54, 1.807) is 0 Å². The molecule has 3 heteroatoms. The largest absolute Gasteiger partial charge is 0.303 e. The summed E-state index contributed by atoms with van der Waals surface area (Å²) in [5.74, 6) is 2.00. The van der Waals surface area contributed by atoms with Gasteiger partial charge in [0.25, 0.3) is 0 Å². The van der Waals surface area contributed by atoms with E-state index in [2.05, 4.69) is 29.5 Å². The zero-order valence-electron chi connectivity index (χ0n) is 11.3. The van der Waals surface area contributed by atoms with Gasteiger partial charge in [-0.1, -0.05) is 6.42 Å². The minimum Gasteiger partial charge on any atom is -0.303 e. The fraction of sp³-hybridized carbons (Fsp3) is 1.00. The molecule has 17 heavy (non-hydrogen) atoms. The summed E-state index contributed by atoms with van der Waals surface area (Å²) in [5.41, 5.74) is 0. The van der Waals surface area contributed by atoms with Crippen LogP contribution in [0.2, 0.25) is 0 Å². The first kappa shape index (κ1) is 13.7. The SMILES string of the molecule is CN1CCCC2CN(CCCCCS)CCC21. The van der Waals surface area contributed by atoms with Crippen molar-refractivity contribution in [1.82, 2.24) is 9.80 Å². The number of rotatable bonds is 5. The molecule has 0 N–H and O–H groups in total. The Bertz CT molecular complexity index is 222. The molecule has 2 rings (SSSR count). The fourth-order valence-electron chi connectivity index (χ4n) is 3.55. The predicted octanol–water partition coefficient (Wildman–Crippen LogP) is 2.50. The van der Waals surface area contributed by atoms with Gasteiger partial charge in [0.1, 0.15) is 0 Å². The molecule has 2 aliphatic rings. The average Bonchev–Trinajstić information content (AvgIpc) is 2.35. The molecule has 2 heterocycles. The summed E-state index contributed by atoms with van der Waals surface area (Å²) >= 11 is 4.27. The third-order valence-electron chi connectivity index (χ3n) is 4.56. The van der Waals surface area contributed by atoms with E-state index < -0.39 is 0 Å². The molecule has 2 atom stereocenters. The summed E-state index contributed by atoms with van der Waals surface area (Å²) in [6, 6.07) is 0.887. The highest BCUT2D eigenvalue weighted by Crippen LogP contribution is 2.29. The Morgan fingerprint density at radius 1 is 1.12 bits per heavy atom. The normalized spacial score (nSPS) is 31.4. The number of fused-ring (bicyclic) bond motifs is 1. The van der Waals surface area contributed by atoms with E-state index in [9.17, 15) is 0 Å². The second kappa shape index (κ2) is 7.01. The molecule has 2 aliphatic heterocycles. The number of thiol groups is 1. The van der Waals surface area contributed by atoms with Gasteiger partial charge in [-0.05, 0) is 70.5 Å². The van der Waals surface area contributed by atoms with E-state index in [-0.39, 0.29) is 0 Å². The van der Waals surface area contributed by atoms with E-state index in [1.165, 1.54) is 64.7 Å². The van der Waals surface area contributed by atoms with Gasteiger partial charge in [0.2, 0.25) is 0 Å². The van der Waals surface area contributed by atoms with Crippen molar-refractivity contribution < 1.29 is 0 Å². The highest BCUT2D eigenvalue weighted by Gasteiger charge is 2.33. The first-order valence-electron chi connectivity index (χ1n) is 7.34. The summed E-state index contributed by atoms with van der Waals surface area (Å²) in [4.78, 5) is 5.31. The Hall–Kier alpha value is 0.270. The zero-order chi connectivity index (χ0) is 12.1. The average molecular weight is 256 g/mol. The minimum atomic E-state index is 0.887. The summed E-state index contributed by atoms with van der Waals surface area (Å²) < 4.78 is 0. The minimum absolute atomic E-state index is 0.887. The molecule has 2 nitrogen and oxygen atoms in total. The summed E-state index contributed by atoms with van der Waals surface area (Å²) in [6.45, 7) is 5.33. The first-order chi connectivity index (χ1) is 8.31. The van der Waals surface area contributed by atoms with Crippen LogP contribution in [-0.4, -0.2) is 54.8 Å². The highest BCUT2D eigenvalue weighted by atomic mass is 32.1. The van der Waals surface area contributed by atoms with Crippen LogP contribution in [0.5, 0.6) is 0 Å². The van der Waals surface area contributed by atoms with Crippen molar-refractivity contribution in [2.45, 2.75) is 44.6 Å². The Morgan fingerprint density at radius 3 is 2.82 bits per heavy atom. The number of likely N-dealkylation sites (tertiary alicyclic amines) is 2. The van der Waals surface area contributed by atoms with Crippen molar-refractivity contribution in [2.75, 3.05) is 39.0 Å². The number of piperidine rings is 2. The first-order valence-corrected chi connectivity index (χ1v) is 7.98. The molecule has 100 valence electrons. The molecule has 2 unspecified atom stereocenters. The van der Waals surface area contributed by atoms with E-state index in [0.717, 1.165) is 17.7 Å². The number of hydrogen-bond donors (Lipinski definition) is 1. The predicted molar refractivity (Wildman–Crippen MR) is 77.9 cm³/mol. The lowest BCUT2D eigenvalue weighted by Crippen LogP contribution is -2.52. The van der Waals surface area contributed by atoms with Crippen LogP contribution in [0.4, 0.5) is 0 Å². The Kier molecular flexibility index (Phi) is 5.64. The molecule has 2 fully saturated rings. The smallest absolute Gasteiger partial charge is 0.0145 e. The van der Waals surface area contributed by atoms with Gasteiger partial charge >= 0.3 is 0 Å². The van der Waals surface area contributed by atoms with Gasteiger partial charge in [-0.2, -0.15) is 12.6 Å². The monoisotopic (exact) mass is 256 g/mol. The second-order valence-corrected chi connectivity index (χ2v) is 6.27. The molecule has 0 aromatic carbocycles. The maximum Gasteiger partial charge on any atom is 0.0145 e. The van der Waals surface area contributed by atoms with Crippen molar-refractivity contribution in [3.8, 4) is 0 Å². The lowest BCUT2D eigenvalue weighted by molar-refractivity contribution is 0.0380. The van der Waals surface area contributed by atoms with E-state index in [1.807, 2.05) is 0 Å². The van der Waals surface area contributed by atoms with Crippen molar-refractivity contribution >= 4 is 12.6 Å². The van der Waals surface area contributed by atoms with Crippen molar-refractivity contribution in [2.24, 2.45) is 5.92 Å². The molecule has 0 aliphatic carbocycles. The van der Waals surface area contributed by atoms with Gasteiger partial charge in [0.15, 0.2) is 0 Å². The van der Waals surface area contributed by atoms with Gasteiger partial charge in [-0.15, -0.1) is 0 Å². The second-order valence-electron chi connectivity index (χ2n) is 5.82. The van der Waals surface area contributed by atoms with Crippen LogP contribution >= 0.6 is 12.6 Å². The summed E-state index contributed by atoms with van der Waals surface area (Å²) in [6.07, 6.45) is 8.27. The van der Waals surface area contributed by atoms with Crippen LogP contribution in [0.15, 0.2) is 0 Å². The molecule has 0 bridgehead atoms. The van der Waals surface area contributed by atoms with Gasteiger partial charge in [0.05, 0.1) is 0 Å². The maximum atomic E-state index is 4.27. The fourth-order valence-corrected chi connectivity index (χ4v) is 3.78. The zero-order valence-corrected chi connectivity index (χ0v) is 12.2. The van der Waals surface area contributed by atoms with Crippen molar-refractivity contribution in [3.05, 3.63) is 0 Å². The summed E-state index contributed by atoms with van der Waals surface area (Å²) in [5, 5.41) is 0. The summed E-state index contributed by atoms with van der Waals surface area (Å²) in [7, 11) is 2.32. The Balaban J connectivity index is 1.70. The molecule has 0 aromatic heterocycles. The Morgan fingerprint density at radius 2 is 2.00 bits per heavy atom. The molecule has 0 radical (unpaired) electrons. The molecule has 0 aromatic rings. The highest BCUT2D eigenvalue weighted by molar-refractivity contribution is 7.80. The van der Waals surface area contributed by atoms with Crippen LogP contribution in [0.1, 0.15) is 38.5 Å². The van der Waals surface area contributed by atoms with Crippen LogP contribution in [0, 0.1) is 5.92 Å². The van der Waals surface area contributed by atoms with Crippen LogP contribution in [-0.2, 0) is 0 Å². The van der Waals surface area contributed by atoms with Crippen molar-refractivity contribution in [3.63, 3.8) is 0 Å². The quantitative estimate of drug-likeness (QED) is 0.596. The standard InChI is InChI=1S/C14H28N2S/c1-15-8-5-6-13-12-16(10-7-14(13)15)9-3-2-4-11-17/h13-14,17H,2-12H2,1H3. The number of nitrogens with zero attached hydrogens (tertiary/aromatic N) is 2. The van der Waals surface area contributed by atoms with E-state index in [4.69, 9.17) is 0 Å². The molecule has 0 saturated carbocycles. The van der Waals surface area contributed by atoms with Crippen LogP contribution < -0.4 is 0 Å². The maximum absolute atomic E-state index is 4.27. The van der Waals surface area contributed by atoms with Crippen LogP contribution in [0.3, 0.4) is 0 Å². The Labute approximate surface area is 112 Å². The van der Waals surface area contributed by atoms with E-state index >= 15 is 0 Å².